The summed E-state index contributed by atoms with van der Waals surface area (Å²) >= 11 is 0. The molecule has 8 aromatic rings. The van der Waals surface area contributed by atoms with Gasteiger partial charge in [0.2, 0.25) is 0 Å². The first kappa shape index (κ1) is 30.1. The fraction of sp³-hybridized carbons (Fsp3) is 0.140. The second kappa shape index (κ2) is 11.3. The van der Waals surface area contributed by atoms with Crippen molar-refractivity contribution < 1.29 is 0 Å². The van der Waals surface area contributed by atoms with Gasteiger partial charge in [0.1, 0.15) is 5.52 Å². The van der Waals surface area contributed by atoms with Gasteiger partial charge in [-0.3, -0.25) is 0 Å². The van der Waals surface area contributed by atoms with Crippen molar-refractivity contribution in [2.24, 2.45) is 5.92 Å². The third kappa shape index (κ3) is 4.06. The molecule has 0 fully saturated rings. The van der Waals surface area contributed by atoms with Gasteiger partial charge in [-0.25, -0.2) is 15.0 Å². The summed E-state index contributed by atoms with van der Waals surface area (Å²) in [6, 6.07) is 39.6. The standard InChI is InChI=1S/C50H36N4/c1-29-33-15-5-6-16-34(33)35-20-11-21-39-43(35)42(29)44-36-17-7-8-18-37(36)49-46(45(39)44)38-19-9-10-23-41(38)54(49)32-26-24-31(25-27-32)47-48(30-13-3-2-4-14-30)53-50-40(52-47)22-12-28-51-50/h2-4,6-8,10-14,16-18,20-29,42H,5,9,15,19H2,1H3/t29-,42?/m1/s1. The van der Waals surface area contributed by atoms with Crippen LogP contribution in [0, 0.1) is 5.92 Å². The zero-order valence-electron chi connectivity index (χ0n) is 30.1. The number of hydrogen-bond donors (Lipinski definition) is 0. The van der Waals surface area contributed by atoms with E-state index < -0.39 is 0 Å². The lowest BCUT2D eigenvalue weighted by molar-refractivity contribution is 0.570. The van der Waals surface area contributed by atoms with Crippen LogP contribution in [0.1, 0.15) is 60.1 Å². The van der Waals surface area contributed by atoms with Crippen molar-refractivity contribution in [1.29, 1.82) is 0 Å². The first-order chi connectivity index (χ1) is 26.7. The Balaban J connectivity index is 1.11. The van der Waals surface area contributed by atoms with Gasteiger partial charge >= 0.3 is 0 Å². The third-order valence-corrected chi connectivity index (χ3v) is 12.6. The van der Waals surface area contributed by atoms with E-state index in [0.29, 0.717) is 17.5 Å². The van der Waals surface area contributed by atoms with Crippen LogP contribution in [0.3, 0.4) is 0 Å². The summed E-state index contributed by atoms with van der Waals surface area (Å²) in [5, 5.41) is 4.16. The summed E-state index contributed by atoms with van der Waals surface area (Å²) in [7, 11) is 0. The lowest BCUT2D eigenvalue weighted by Gasteiger charge is -2.35. The van der Waals surface area contributed by atoms with Crippen LogP contribution in [0.15, 0.2) is 139 Å². The zero-order valence-corrected chi connectivity index (χ0v) is 30.1. The number of allylic oxidation sites excluding steroid dienone is 5. The molecule has 0 radical (unpaired) electrons. The second-order valence-electron chi connectivity index (χ2n) is 15.3. The molecule has 0 N–H and O–H groups in total. The van der Waals surface area contributed by atoms with Crippen LogP contribution in [-0.4, -0.2) is 19.5 Å². The predicted molar refractivity (Wildman–Crippen MR) is 222 cm³/mol. The van der Waals surface area contributed by atoms with E-state index in [1.54, 1.807) is 17.3 Å². The molecule has 4 aliphatic carbocycles. The molecule has 256 valence electrons. The van der Waals surface area contributed by atoms with E-state index in [9.17, 15) is 0 Å². The molecule has 0 aliphatic heterocycles. The van der Waals surface area contributed by atoms with Crippen molar-refractivity contribution in [3.05, 3.63) is 167 Å². The van der Waals surface area contributed by atoms with Crippen LogP contribution in [0.4, 0.5) is 0 Å². The Kier molecular flexibility index (Phi) is 6.30. The van der Waals surface area contributed by atoms with Gasteiger partial charge in [-0.1, -0.05) is 116 Å². The summed E-state index contributed by atoms with van der Waals surface area (Å²) in [5.41, 5.74) is 21.0. The lowest BCUT2D eigenvalue weighted by Crippen LogP contribution is -2.20. The third-order valence-electron chi connectivity index (χ3n) is 12.6. The van der Waals surface area contributed by atoms with E-state index in [2.05, 4.69) is 132 Å². The highest BCUT2D eigenvalue weighted by Crippen LogP contribution is 2.61. The topological polar surface area (TPSA) is 43.6 Å². The normalized spacial score (nSPS) is 17.9. The Hall–Kier alpha value is -6.39. The molecular weight excluding hydrogens is 657 g/mol. The van der Waals surface area contributed by atoms with E-state index in [1.807, 2.05) is 18.2 Å². The molecule has 3 heterocycles. The van der Waals surface area contributed by atoms with E-state index in [-0.39, 0.29) is 0 Å². The van der Waals surface area contributed by atoms with Crippen LogP contribution in [0.25, 0.3) is 83.8 Å². The number of hydrogen-bond acceptors (Lipinski definition) is 3. The summed E-state index contributed by atoms with van der Waals surface area (Å²) < 4.78 is 2.55. The molecule has 1 unspecified atom stereocenters. The Bertz CT molecular complexity index is 3000. The summed E-state index contributed by atoms with van der Waals surface area (Å²) in [5.74, 6) is 0.820. The lowest BCUT2D eigenvalue weighted by atomic mass is 9.69. The van der Waals surface area contributed by atoms with Gasteiger partial charge in [0.25, 0.3) is 0 Å². The number of benzene rings is 5. The fourth-order valence-electron chi connectivity index (χ4n) is 10.4. The molecular formula is C50H36N4. The van der Waals surface area contributed by atoms with Crippen molar-refractivity contribution in [3.8, 4) is 39.3 Å². The van der Waals surface area contributed by atoms with Crippen molar-refractivity contribution >= 4 is 44.5 Å². The Morgan fingerprint density at radius 1 is 0.648 bits per heavy atom. The Morgan fingerprint density at radius 3 is 2.30 bits per heavy atom. The van der Waals surface area contributed by atoms with Gasteiger partial charge < -0.3 is 4.57 Å². The maximum Gasteiger partial charge on any atom is 0.178 e. The highest BCUT2D eigenvalue weighted by molar-refractivity contribution is 6.20. The molecule has 0 bridgehead atoms. The Labute approximate surface area is 313 Å². The molecule has 4 aliphatic rings. The first-order valence-electron chi connectivity index (χ1n) is 19.4. The average molecular weight is 693 g/mol. The highest BCUT2D eigenvalue weighted by Gasteiger charge is 2.43. The van der Waals surface area contributed by atoms with Crippen molar-refractivity contribution in [2.75, 3.05) is 0 Å². The highest BCUT2D eigenvalue weighted by atomic mass is 15.0. The smallest absolute Gasteiger partial charge is 0.178 e. The predicted octanol–water partition coefficient (Wildman–Crippen LogP) is 12.3. The number of rotatable bonds is 3. The van der Waals surface area contributed by atoms with Gasteiger partial charge in [0.05, 0.1) is 16.9 Å². The van der Waals surface area contributed by atoms with Crippen molar-refractivity contribution in [3.63, 3.8) is 0 Å². The number of pyridine rings is 1. The quantitative estimate of drug-likeness (QED) is 0.185. The minimum Gasteiger partial charge on any atom is -0.309 e. The SMILES string of the molecule is C[C@@H]1C2=C(C=CCC2)c2cccc3c2C1c1c-3c2c3c(n(-c4ccc(-c5nc6cccnc6nc5-c5ccccc5)cc4)c2c2ccccc12)C=CCC3. The summed E-state index contributed by atoms with van der Waals surface area (Å²) in [6.45, 7) is 2.50. The van der Waals surface area contributed by atoms with E-state index in [0.717, 1.165) is 59.4 Å². The number of fused-ring (bicyclic) bond motifs is 12. The first-order valence-corrected chi connectivity index (χ1v) is 19.4. The molecule has 4 nitrogen and oxygen atoms in total. The molecule has 0 saturated heterocycles. The minimum absolute atomic E-state index is 0.361. The van der Waals surface area contributed by atoms with Gasteiger partial charge in [-0.2, -0.15) is 0 Å². The molecule has 12 rings (SSSR count). The number of nitrogens with zero attached hydrogens (tertiary/aromatic N) is 4. The molecule has 2 atom stereocenters. The maximum absolute atomic E-state index is 5.15. The number of aromatic nitrogens is 4. The monoisotopic (exact) mass is 692 g/mol. The van der Waals surface area contributed by atoms with E-state index >= 15 is 0 Å². The maximum atomic E-state index is 5.15. The summed E-state index contributed by atoms with van der Waals surface area (Å²) in [6.07, 6.45) is 15.7. The van der Waals surface area contributed by atoms with Crippen LogP contribution >= 0.6 is 0 Å². The van der Waals surface area contributed by atoms with Crippen molar-refractivity contribution in [1.82, 2.24) is 19.5 Å². The van der Waals surface area contributed by atoms with Crippen molar-refractivity contribution in [2.45, 2.75) is 38.5 Å². The Morgan fingerprint density at radius 2 is 1.41 bits per heavy atom. The average Bonchev–Trinajstić information content (AvgIpc) is 3.77. The van der Waals surface area contributed by atoms with Crippen LogP contribution in [-0.2, 0) is 6.42 Å². The van der Waals surface area contributed by atoms with E-state index in [1.165, 1.54) is 60.8 Å². The largest absolute Gasteiger partial charge is 0.309 e. The van der Waals surface area contributed by atoms with E-state index in [4.69, 9.17) is 9.97 Å². The van der Waals surface area contributed by atoms with Gasteiger partial charge in [-0.15, -0.1) is 0 Å². The zero-order chi connectivity index (χ0) is 35.5. The molecule has 0 spiro atoms. The molecule has 0 saturated carbocycles. The van der Waals surface area contributed by atoms with Crippen LogP contribution < -0.4 is 0 Å². The number of aryl methyl sites for hydroxylation is 1. The molecule has 0 amide bonds. The van der Waals surface area contributed by atoms with Gasteiger partial charge in [-0.05, 0) is 106 Å². The molecule has 54 heavy (non-hydrogen) atoms. The van der Waals surface area contributed by atoms with Gasteiger partial charge in [0.15, 0.2) is 5.65 Å². The molecule has 3 aromatic heterocycles. The fourth-order valence-corrected chi connectivity index (χ4v) is 10.4. The van der Waals surface area contributed by atoms with Crippen LogP contribution in [0.5, 0.6) is 0 Å². The second-order valence-corrected chi connectivity index (χ2v) is 15.3. The summed E-state index contributed by atoms with van der Waals surface area (Å²) in [4.78, 5) is 14.7. The molecule has 5 aromatic carbocycles. The minimum atomic E-state index is 0.361. The van der Waals surface area contributed by atoms with Crippen LogP contribution in [0.2, 0.25) is 0 Å². The molecule has 4 heteroatoms. The van der Waals surface area contributed by atoms with Gasteiger partial charge in [0, 0.05) is 45.4 Å².